The SMILES string of the molecule is CCCCCCCCCC(=O)OCC(CO)OC(=O)C1CCCCC1C(=O)OCC(CO)(COC(=O)C1CCCCC1C(=O)OC(CO)COC(=O)CCCCCCCCC)COC(=O)C1CCCCC1C(=O)OC(CO)COC(=O)CCCCCCCCC. The summed E-state index contributed by atoms with van der Waals surface area (Å²) in [5, 5.41) is 41.6. The monoisotopic (exact) mass is 1280 g/mol. The standard InChI is InChI=1S/C68H114O22/c1-4-7-10-13-16-19-22-37-59(73)82-43-50(40-69)88-65(79)56-34-28-25-31-53(56)62(76)85-47-68(46-72,48-86-63(77)54-32-26-29-35-57(54)66(80)89-51(41-70)44-83-60(74)38-23-20-17-14-11-8-5-2)49-87-64(78)55-33-27-30-36-58(55)67(81)90-52(42-71)45-84-61(75)39-24-21-18-15-12-9-6-3/h50-58,69-72H,4-49H2,1-3H3. The van der Waals surface area contributed by atoms with Gasteiger partial charge in [-0.25, -0.2) is 0 Å². The Morgan fingerprint density at radius 2 is 0.544 bits per heavy atom. The number of hydrogen-bond acceptors (Lipinski definition) is 22. The molecule has 9 atom stereocenters. The fourth-order valence-electron chi connectivity index (χ4n) is 11.9. The van der Waals surface area contributed by atoms with Gasteiger partial charge < -0.3 is 63.1 Å². The minimum Gasteiger partial charge on any atom is -0.464 e. The van der Waals surface area contributed by atoms with Gasteiger partial charge in [0.25, 0.3) is 0 Å². The van der Waals surface area contributed by atoms with Gasteiger partial charge >= 0.3 is 53.7 Å². The van der Waals surface area contributed by atoms with Gasteiger partial charge in [-0.15, -0.1) is 0 Å². The van der Waals surface area contributed by atoms with Crippen LogP contribution in [0.3, 0.4) is 0 Å². The molecule has 0 spiro atoms. The van der Waals surface area contributed by atoms with Crippen molar-refractivity contribution in [2.24, 2.45) is 40.9 Å². The van der Waals surface area contributed by atoms with Crippen molar-refractivity contribution in [1.29, 1.82) is 0 Å². The molecule has 3 rings (SSSR count). The van der Waals surface area contributed by atoms with E-state index in [2.05, 4.69) is 20.8 Å². The zero-order valence-corrected chi connectivity index (χ0v) is 54.9. The van der Waals surface area contributed by atoms with Crippen LogP contribution in [0.4, 0.5) is 0 Å². The highest BCUT2D eigenvalue weighted by Crippen LogP contribution is 2.37. The van der Waals surface area contributed by atoms with Crippen molar-refractivity contribution in [3.63, 3.8) is 0 Å². The highest BCUT2D eigenvalue weighted by Gasteiger charge is 2.45. The summed E-state index contributed by atoms with van der Waals surface area (Å²) in [6.07, 6.45) is 22.6. The van der Waals surface area contributed by atoms with E-state index < -0.39 is 159 Å². The molecule has 0 aliphatic heterocycles. The Labute approximate surface area is 535 Å². The molecule has 518 valence electrons. The Kier molecular flexibility index (Phi) is 42.2. The van der Waals surface area contributed by atoms with Crippen molar-refractivity contribution in [1.82, 2.24) is 0 Å². The third kappa shape index (κ3) is 31.6. The van der Waals surface area contributed by atoms with Gasteiger partial charge in [0.2, 0.25) is 0 Å². The summed E-state index contributed by atoms with van der Waals surface area (Å²) >= 11 is 0. The molecule has 3 aliphatic rings. The summed E-state index contributed by atoms with van der Waals surface area (Å²) in [7, 11) is 0. The van der Waals surface area contributed by atoms with Gasteiger partial charge in [0, 0.05) is 19.3 Å². The summed E-state index contributed by atoms with van der Waals surface area (Å²) in [5.41, 5.74) is -1.86. The van der Waals surface area contributed by atoms with Crippen LogP contribution in [0.2, 0.25) is 0 Å². The first-order chi connectivity index (χ1) is 43.6. The second kappa shape index (κ2) is 47.9. The summed E-state index contributed by atoms with van der Waals surface area (Å²) in [6, 6.07) is 0. The summed E-state index contributed by atoms with van der Waals surface area (Å²) < 4.78 is 50.5. The molecule has 22 heteroatoms. The van der Waals surface area contributed by atoms with Crippen molar-refractivity contribution < 1.29 is 106 Å². The van der Waals surface area contributed by atoms with Crippen molar-refractivity contribution in [2.45, 2.75) is 270 Å². The molecule has 0 heterocycles. The van der Waals surface area contributed by atoms with Gasteiger partial charge in [0.05, 0.1) is 67.3 Å². The molecule has 3 fully saturated rings. The van der Waals surface area contributed by atoms with Crippen molar-refractivity contribution in [2.75, 3.05) is 66.1 Å². The average Bonchev–Trinajstić information content (AvgIpc) is 3.65. The summed E-state index contributed by atoms with van der Waals surface area (Å²) in [6.45, 7) is 0.260. The lowest BCUT2D eigenvalue weighted by Crippen LogP contribution is -2.46. The Morgan fingerprint density at radius 3 is 0.767 bits per heavy atom. The zero-order chi connectivity index (χ0) is 65.8. The summed E-state index contributed by atoms with van der Waals surface area (Å²) in [5.74, 6) is -12.8. The van der Waals surface area contributed by atoms with Crippen LogP contribution in [0.25, 0.3) is 0 Å². The predicted molar refractivity (Wildman–Crippen MR) is 330 cm³/mol. The van der Waals surface area contributed by atoms with Gasteiger partial charge in [0.15, 0.2) is 18.3 Å². The number of aliphatic hydroxyl groups is 4. The largest absolute Gasteiger partial charge is 0.464 e. The molecule has 0 amide bonds. The molecule has 0 aromatic heterocycles. The minimum absolute atomic E-state index is 0.175. The third-order valence-corrected chi connectivity index (χ3v) is 17.7. The Bertz CT molecular complexity index is 1840. The normalized spacial score (nSPS) is 20.8. The van der Waals surface area contributed by atoms with Crippen molar-refractivity contribution in [3.05, 3.63) is 0 Å². The maximum atomic E-state index is 14.2. The van der Waals surface area contributed by atoms with Crippen LogP contribution in [-0.4, -0.2) is 159 Å². The molecular formula is C68H114O22. The first kappa shape index (κ1) is 79.3. The van der Waals surface area contributed by atoms with Crippen LogP contribution < -0.4 is 0 Å². The highest BCUT2D eigenvalue weighted by atomic mass is 16.6. The van der Waals surface area contributed by atoms with E-state index in [0.717, 1.165) is 96.3 Å². The Balaban J connectivity index is 1.76. The predicted octanol–water partition coefficient (Wildman–Crippen LogP) is 9.78. The van der Waals surface area contributed by atoms with E-state index >= 15 is 0 Å². The molecule has 90 heavy (non-hydrogen) atoms. The molecule has 22 nitrogen and oxygen atoms in total. The number of ether oxygens (including phenoxy) is 9. The molecule has 0 saturated heterocycles. The number of rotatable bonds is 49. The van der Waals surface area contributed by atoms with Gasteiger partial charge in [0.1, 0.15) is 39.6 Å². The van der Waals surface area contributed by atoms with Crippen LogP contribution in [0.5, 0.6) is 0 Å². The number of carbonyl (C=O) groups excluding carboxylic acids is 9. The molecule has 3 saturated carbocycles. The molecular weight excluding hydrogens is 1170 g/mol. The van der Waals surface area contributed by atoms with Crippen molar-refractivity contribution in [3.8, 4) is 0 Å². The molecule has 4 N–H and O–H groups in total. The first-order valence-electron chi connectivity index (χ1n) is 34.6. The molecule has 0 aromatic carbocycles. The van der Waals surface area contributed by atoms with E-state index in [1.807, 2.05) is 0 Å². The quantitative estimate of drug-likeness (QED) is 0.0250. The van der Waals surface area contributed by atoms with Gasteiger partial charge in [-0.2, -0.15) is 0 Å². The average molecular weight is 1280 g/mol. The van der Waals surface area contributed by atoms with E-state index in [0.29, 0.717) is 57.8 Å². The Morgan fingerprint density at radius 1 is 0.322 bits per heavy atom. The van der Waals surface area contributed by atoms with Gasteiger partial charge in [-0.05, 0) is 57.8 Å². The van der Waals surface area contributed by atoms with Crippen molar-refractivity contribution >= 4 is 53.7 Å². The van der Waals surface area contributed by atoms with Gasteiger partial charge in [-0.3, -0.25) is 43.2 Å². The highest BCUT2D eigenvalue weighted by molar-refractivity contribution is 5.84. The lowest BCUT2D eigenvalue weighted by molar-refractivity contribution is -0.182. The number of carbonyl (C=O) groups is 9. The molecule has 3 aliphatic carbocycles. The van der Waals surface area contributed by atoms with E-state index in [1.165, 1.54) is 19.3 Å². The number of unbranched alkanes of at least 4 members (excludes halogenated alkanes) is 18. The van der Waals surface area contributed by atoms with Crippen LogP contribution in [-0.2, 0) is 85.8 Å². The van der Waals surface area contributed by atoms with E-state index in [9.17, 15) is 63.6 Å². The molecule has 0 bridgehead atoms. The maximum absolute atomic E-state index is 14.2. The summed E-state index contributed by atoms with van der Waals surface area (Å²) in [4.78, 5) is 121. The lowest BCUT2D eigenvalue weighted by Gasteiger charge is -2.35. The zero-order valence-electron chi connectivity index (χ0n) is 54.9. The molecule has 0 radical (unpaired) electrons. The van der Waals surface area contributed by atoms with Gasteiger partial charge in [-0.1, -0.05) is 175 Å². The maximum Gasteiger partial charge on any atom is 0.310 e. The fraction of sp³-hybridized carbons (Fsp3) is 0.868. The topological polar surface area (TPSA) is 318 Å². The lowest BCUT2D eigenvalue weighted by atomic mass is 9.79. The number of esters is 9. The van der Waals surface area contributed by atoms with E-state index in [4.69, 9.17) is 42.6 Å². The minimum atomic E-state index is -1.86. The molecule has 0 aromatic rings. The Hall–Kier alpha value is -4.93. The molecule has 9 unspecified atom stereocenters. The fourth-order valence-corrected chi connectivity index (χ4v) is 11.9. The van der Waals surface area contributed by atoms with E-state index in [-0.39, 0.29) is 77.6 Å². The second-order valence-electron chi connectivity index (χ2n) is 25.4. The smallest absolute Gasteiger partial charge is 0.310 e. The third-order valence-electron chi connectivity index (χ3n) is 17.7. The first-order valence-corrected chi connectivity index (χ1v) is 34.6. The van der Waals surface area contributed by atoms with Crippen LogP contribution in [0.1, 0.15) is 252 Å². The number of hydrogen-bond donors (Lipinski definition) is 4. The van der Waals surface area contributed by atoms with Crippen LogP contribution in [0.15, 0.2) is 0 Å². The van der Waals surface area contributed by atoms with Crippen LogP contribution in [0, 0.1) is 40.9 Å². The number of aliphatic hydroxyl groups excluding tert-OH is 4. The second-order valence-corrected chi connectivity index (χ2v) is 25.4. The van der Waals surface area contributed by atoms with E-state index in [1.54, 1.807) is 0 Å². The van der Waals surface area contributed by atoms with Crippen LogP contribution >= 0.6 is 0 Å².